The molecule has 116 valence electrons. The smallest absolute Gasteiger partial charge is 0.161 e. The van der Waals surface area contributed by atoms with Crippen LogP contribution in [0.25, 0.3) is 0 Å². The van der Waals surface area contributed by atoms with Crippen molar-refractivity contribution >= 4 is 28.7 Å². The molecule has 0 bridgehead atoms. The number of para-hydroxylation sites is 1. The van der Waals surface area contributed by atoms with E-state index in [-0.39, 0.29) is 0 Å². The number of nitrogen functional groups attached to an aromatic ring is 1. The van der Waals surface area contributed by atoms with E-state index in [9.17, 15) is 0 Å². The minimum Gasteiger partial charge on any atom is -0.393 e. The third-order valence-corrected chi connectivity index (χ3v) is 3.64. The van der Waals surface area contributed by atoms with Crippen LogP contribution in [0.5, 0.6) is 0 Å². The van der Waals surface area contributed by atoms with Crippen LogP contribution in [0.2, 0.25) is 0 Å². The predicted molar refractivity (Wildman–Crippen MR) is 95.4 cm³/mol. The minimum absolute atomic E-state index is 0.513. The average molecular weight is 305 g/mol. The van der Waals surface area contributed by atoms with Crippen molar-refractivity contribution in [2.75, 3.05) is 23.0 Å². The monoisotopic (exact) mass is 305 g/mol. The molecule has 1 heterocycles. The SMILES string of the molecule is Cc1ccc(Nc2ncnc(N(C)c3ccccc3)c2N)cc1. The van der Waals surface area contributed by atoms with Crippen molar-refractivity contribution in [2.45, 2.75) is 6.92 Å². The molecule has 0 radical (unpaired) electrons. The molecule has 0 aliphatic carbocycles. The number of aromatic nitrogens is 2. The van der Waals surface area contributed by atoms with Gasteiger partial charge in [0.1, 0.15) is 12.0 Å². The fourth-order valence-electron chi connectivity index (χ4n) is 2.30. The third-order valence-electron chi connectivity index (χ3n) is 3.64. The number of hydrogen-bond acceptors (Lipinski definition) is 5. The molecule has 3 N–H and O–H groups in total. The summed E-state index contributed by atoms with van der Waals surface area (Å²) >= 11 is 0. The molecule has 0 fully saturated rings. The Morgan fingerprint density at radius 1 is 0.957 bits per heavy atom. The van der Waals surface area contributed by atoms with Gasteiger partial charge >= 0.3 is 0 Å². The van der Waals surface area contributed by atoms with Gasteiger partial charge in [-0.1, -0.05) is 35.9 Å². The summed E-state index contributed by atoms with van der Waals surface area (Å²) in [6.45, 7) is 2.05. The second kappa shape index (κ2) is 6.36. The molecule has 1 aromatic heterocycles. The van der Waals surface area contributed by atoms with Crippen LogP contribution in [-0.2, 0) is 0 Å². The number of benzene rings is 2. The van der Waals surface area contributed by atoms with Crippen molar-refractivity contribution in [1.29, 1.82) is 0 Å². The molecule has 0 aliphatic heterocycles. The summed E-state index contributed by atoms with van der Waals surface area (Å²) in [4.78, 5) is 10.5. The maximum atomic E-state index is 6.27. The summed E-state index contributed by atoms with van der Waals surface area (Å²) in [6.07, 6.45) is 1.52. The Morgan fingerprint density at radius 2 is 1.65 bits per heavy atom. The molecule has 2 aromatic carbocycles. The molecule has 0 saturated heterocycles. The number of rotatable bonds is 4. The Hall–Kier alpha value is -3.08. The van der Waals surface area contributed by atoms with E-state index in [0.29, 0.717) is 17.3 Å². The lowest BCUT2D eigenvalue weighted by Gasteiger charge is -2.21. The highest BCUT2D eigenvalue weighted by molar-refractivity contribution is 5.81. The lowest BCUT2D eigenvalue weighted by molar-refractivity contribution is 1.09. The summed E-state index contributed by atoms with van der Waals surface area (Å²) in [6, 6.07) is 18.0. The highest BCUT2D eigenvalue weighted by atomic mass is 15.2. The number of anilines is 5. The summed E-state index contributed by atoms with van der Waals surface area (Å²) in [7, 11) is 1.93. The van der Waals surface area contributed by atoms with E-state index >= 15 is 0 Å². The second-order valence-electron chi connectivity index (χ2n) is 5.35. The quantitative estimate of drug-likeness (QED) is 0.765. The van der Waals surface area contributed by atoms with Gasteiger partial charge in [0.05, 0.1) is 0 Å². The zero-order valence-corrected chi connectivity index (χ0v) is 13.2. The summed E-state index contributed by atoms with van der Waals surface area (Å²) in [5.41, 5.74) is 9.94. The summed E-state index contributed by atoms with van der Waals surface area (Å²) < 4.78 is 0. The van der Waals surface area contributed by atoms with Crippen molar-refractivity contribution in [3.63, 3.8) is 0 Å². The van der Waals surface area contributed by atoms with Gasteiger partial charge < -0.3 is 16.0 Å². The zero-order valence-electron chi connectivity index (χ0n) is 13.2. The average Bonchev–Trinajstić information content (AvgIpc) is 2.59. The zero-order chi connectivity index (χ0) is 16.2. The van der Waals surface area contributed by atoms with Gasteiger partial charge in [0.15, 0.2) is 11.6 Å². The lowest BCUT2D eigenvalue weighted by Crippen LogP contribution is -2.15. The van der Waals surface area contributed by atoms with Gasteiger partial charge in [-0.2, -0.15) is 0 Å². The highest BCUT2D eigenvalue weighted by Gasteiger charge is 2.13. The largest absolute Gasteiger partial charge is 0.393 e. The first-order valence-corrected chi connectivity index (χ1v) is 7.38. The molecular formula is C18H19N5. The molecule has 3 rings (SSSR count). The van der Waals surface area contributed by atoms with Crippen LogP contribution < -0.4 is 16.0 Å². The van der Waals surface area contributed by atoms with E-state index in [1.807, 2.05) is 66.5 Å². The van der Waals surface area contributed by atoms with Crippen molar-refractivity contribution in [3.8, 4) is 0 Å². The molecule has 0 amide bonds. The molecule has 0 spiro atoms. The summed E-state index contributed by atoms with van der Waals surface area (Å²) in [5, 5.41) is 3.24. The standard InChI is InChI=1S/C18H19N5/c1-13-8-10-14(11-9-13)22-17-16(19)18(21-12-20-17)23(2)15-6-4-3-5-7-15/h3-12H,19H2,1-2H3,(H,20,21,22). The van der Waals surface area contributed by atoms with Crippen LogP contribution in [-0.4, -0.2) is 17.0 Å². The van der Waals surface area contributed by atoms with Gasteiger partial charge in [-0.05, 0) is 31.2 Å². The first kappa shape index (κ1) is 14.8. The fourth-order valence-corrected chi connectivity index (χ4v) is 2.30. The number of nitrogens with one attached hydrogen (secondary N) is 1. The number of hydrogen-bond donors (Lipinski definition) is 2. The van der Waals surface area contributed by atoms with Crippen molar-refractivity contribution in [1.82, 2.24) is 9.97 Å². The molecule has 23 heavy (non-hydrogen) atoms. The second-order valence-corrected chi connectivity index (χ2v) is 5.35. The van der Waals surface area contributed by atoms with E-state index in [0.717, 1.165) is 11.4 Å². The minimum atomic E-state index is 0.513. The van der Waals surface area contributed by atoms with Crippen LogP contribution in [0.15, 0.2) is 60.9 Å². The van der Waals surface area contributed by atoms with Crippen LogP contribution in [0.3, 0.4) is 0 Å². The molecule has 5 nitrogen and oxygen atoms in total. The first-order chi connectivity index (χ1) is 11.1. The maximum absolute atomic E-state index is 6.27. The Balaban J connectivity index is 1.90. The number of nitrogens with two attached hydrogens (primary N) is 1. The lowest BCUT2D eigenvalue weighted by atomic mass is 10.2. The molecule has 0 atom stereocenters. The molecule has 5 heteroatoms. The first-order valence-electron chi connectivity index (χ1n) is 7.38. The van der Waals surface area contributed by atoms with Gasteiger partial charge in [-0.3, -0.25) is 0 Å². The van der Waals surface area contributed by atoms with Crippen LogP contribution >= 0.6 is 0 Å². The van der Waals surface area contributed by atoms with Gasteiger partial charge in [0.2, 0.25) is 0 Å². The van der Waals surface area contributed by atoms with Gasteiger partial charge in [0, 0.05) is 18.4 Å². The topological polar surface area (TPSA) is 67.1 Å². The van der Waals surface area contributed by atoms with Gasteiger partial charge in [-0.25, -0.2) is 9.97 Å². The number of nitrogens with zero attached hydrogens (tertiary/aromatic N) is 3. The van der Waals surface area contributed by atoms with Crippen LogP contribution in [0, 0.1) is 6.92 Å². The molecule has 3 aromatic rings. The Kier molecular flexibility index (Phi) is 4.10. The van der Waals surface area contributed by atoms with Crippen molar-refractivity contribution in [3.05, 3.63) is 66.5 Å². The third kappa shape index (κ3) is 3.23. The Morgan fingerprint density at radius 3 is 2.35 bits per heavy atom. The van der Waals surface area contributed by atoms with E-state index < -0.39 is 0 Å². The van der Waals surface area contributed by atoms with E-state index in [4.69, 9.17) is 5.73 Å². The molecule has 0 unspecified atom stereocenters. The van der Waals surface area contributed by atoms with E-state index in [2.05, 4.69) is 22.2 Å². The molecular weight excluding hydrogens is 286 g/mol. The summed E-state index contributed by atoms with van der Waals surface area (Å²) in [5.74, 6) is 1.27. The predicted octanol–water partition coefficient (Wildman–Crippen LogP) is 3.88. The highest BCUT2D eigenvalue weighted by Crippen LogP contribution is 2.31. The Bertz CT molecular complexity index is 784. The van der Waals surface area contributed by atoms with Crippen molar-refractivity contribution in [2.24, 2.45) is 0 Å². The molecule has 0 aliphatic rings. The van der Waals surface area contributed by atoms with Gasteiger partial charge in [0.25, 0.3) is 0 Å². The number of aryl methyl sites for hydroxylation is 1. The van der Waals surface area contributed by atoms with Gasteiger partial charge in [-0.15, -0.1) is 0 Å². The van der Waals surface area contributed by atoms with E-state index in [1.54, 1.807) is 0 Å². The van der Waals surface area contributed by atoms with Crippen LogP contribution in [0.1, 0.15) is 5.56 Å². The van der Waals surface area contributed by atoms with Crippen molar-refractivity contribution < 1.29 is 0 Å². The normalized spacial score (nSPS) is 10.3. The Labute approximate surface area is 135 Å². The van der Waals surface area contributed by atoms with E-state index in [1.165, 1.54) is 11.9 Å². The van der Waals surface area contributed by atoms with Crippen LogP contribution in [0.4, 0.5) is 28.7 Å². The fraction of sp³-hybridized carbons (Fsp3) is 0.111. The maximum Gasteiger partial charge on any atom is 0.161 e. The molecule has 0 saturated carbocycles.